The second-order valence-corrected chi connectivity index (χ2v) is 7.53. The molecule has 144 valence electrons. The van der Waals surface area contributed by atoms with Gasteiger partial charge in [-0.15, -0.1) is 5.10 Å². The molecule has 0 bridgehead atoms. The maximum atomic E-state index is 12.6. The lowest BCUT2D eigenvalue weighted by molar-refractivity contribution is 0.0689. The molecule has 0 unspecified atom stereocenters. The quantitative estimate of drug-likeness (QED) is 0.685. The van der Waals surface area contributed by atoms with Crippen LogP contribution in [0.25, 0.3) is 11.6 Å². The van der Waals surface area contributed by atoms with Crippen molar-refractivity contribution in [3.05, 3.63) is 41.6 Å². The van der Waals surface area contributed by atoms with Crippen LogP contribution in [0.4, 0.5) is 0 Å². The normalized spacial score (nSPS) is 17.8. The van der Waals surface area contributed by atoms with Crippen LogP contribution in [-0.4, -0.2) is 54.0 Å². The van der Waals surface area contributed by atoms with Gasteiger partial charge in [-0.1, -0.05) is 10.4 Å². The highest BCUT2D eigenvalue weighted by Gasteiger charge is 2.30. The summed E-state index contributed by atoms with van der Waals surface area (Å²) >= 11 is 0. The van der Waals surface area contributed by atoms with Gasteiger partial charge in [0.1, 0.15) is 0 Å². The van der Waals surface area contributed by atoms with E-state index in [1.165, 1.54) is 0 Å². The zero-order valence-electron chi connectivity index (χ0n) is 15.7. The fourth-order valence-electron chi connectivity index (χ4n) is 3.51. The topological polar surface area (TPSA) is 103 Å². The number of carbonyl (C=O) groups excluding carboxylic acids is 1. The maximum absolute atomic E-state index is 12.6. The van der Waals surface area contributed by atoms with Gasteiger partial charge in [0.25, 0.3) is 11.8 Å². The number of pyridine rings is 1. The SMILES string of the molecule is Cc1ccc(C(=O)N2CCC(n3cc(-c4nc(C5CC5)no4)nn3)CC2)cn1. The summed E-state index contributed by atoms with van der Waals surface area (Å²) in [5.41, 5.74) is 2.14. The van der Waals surface area contributed by atoms with E-state index in [4.69, 9.17) is 4.52 Å². The summed E-state index contributed by atoms with van der Waals surface area (Å²) in [6.45, 7) is 3.27. The Bertz CT molecular complexity index is 982. The summed E-state index contributed by atoms with van der Waals surface area (Å²) in [5, 5.41) is 12.5. The van der Waals surface area contributed by atoms with Crippen LogP contribution in [0.3, 0.4) is 0 Å². The van der Waals surface area contributed by atoms with Gasteiger partial charge in [0.05, 0.1) is 17.8 Å². The van der Waals surface area contributed by atoms with E-state index >= 15 is 0 Å². The van der Waals surface area contributed by atoms with Crippen molar-refractivity contribution in [2.45, 2.75) is 44.6 Å². The molecule has 5 rings (SSSR count). The first-order valence-electron chi connectivity index (χ1n) is 9.65. The van der Waals surface area contributed by atoms with Gasteiger partial charge in [0.15, 0.2) is 11.5 Å². The van der Waals surface area contributed by atoms with Crippen molar-refractivity contribution < 1.29 is 9.32 Å². The number of hydrogen-bond donors (Lipinski definition) is 0. The summed E-state index contributed by atoms with van der Waals surface area (Å²) < 4.78 is 7.18. The Morgan fingerprint density at radius 1 is 1.18 bits per heavy atom. The molecule has 3 aromatic heterocycles. The van der Waals surface area contributed by atoms with E-state index in [-0.39, 0.29) is 11.9 Å². The molecule has 2 aliphatic rings. The lowest BCUT2D eigenvalue weighted by Crippen LogP contribution is -2.39. The fourth-order valence-corrected chi connectivity index (χ4v) is 3.51. The van der Waals surface area contributed by atoms with Crippen LogP contribution < -0.4 is 0 Å². The second kappa shape index (κ2) is 6.81. The Balaban J connectivity index is 1.22. The summed E-state index contributed by atoms with van der Waals surface area (Å²) in [4.78, 5) is 23.1. The van der Waals surface area contributed by atoms with Gasteiger partial charge >= 0.3 is 0 Å². The van der Waals surface area contributed by atoms with E-state index in [0.717, 1.165) is 37.2 Å². The first kappa shape index (κ1) is 17.0. The summed E-state index contributed by atoms with van der Waals surface area (Å²) in [7, 11) is 0. The largest absolute Gasteiger partial charge is 0.338 e. The number of carbonyl (C=O) groups is 1. The predicted octanol–water partition coefficient (Wildman–Crippen LogP) is 2.39. The fraction of sp³-hybridized carbons (Fsp3) is 0.474. The molecule has 0 atom stereocenters. The molecule has 0 aromatic carbocycles. The predicted molar refractivity (Wildman–Crippen MR) is 98.4 cm³/mol. The van der Waals surface area contributed by atoms with Crippen LogP contribution in [0, 0.1) is 6.92 Å². The minimum absolute atomic E-state index is 0.0312. The minimum Gasteiger partial charge on any atom is -0.338 e. The first-order chi connectivity index (χ1) is 13.7. The molecule has 1 saturated heterocycles. The van der Waals surface area contributed by atoms with Crippen LogP contribution >= 0.6 is 0 Å². The zero-order valence-corrected chi connectivity index (χ0v) is 15.7. The Labute approximate surface area is 161 Å². The van der Waals surface area contributed by atoms with Crippen LogP contribution in [-0.2, 0) is 0 Å². The Morgan fingerprint density at radius 2 is 2.00 bits per heavy atom. The van der Waals surface area contributed by atoms with Crippen molar-refractivity contribution in [2.75, 3.05) is 13.1 Å². The van der Waals surface area contributed by atoms with E-state index in [1.807, 2.05) is 34.8 Å². The highest BCUT2D eigenvalue weighted by Crippen LogP contribution is 2.38. The molecule has 1 aliphatic carbocycles. The molecule has 3 aromatic rings. The number of aromatic nitrogens is 6. The van der Waals surface area contributed by atoms with Gasteiger partial charge in [-0.2, -0.15) is 4.98 Å². The molecule has 4 heterocycles. The number of nitrogens with zero attached hydrogens (tertiary/aromatic N) is 7. The Hall–Kier alpha value is -3.10. The van der Waals surface area contributed by atoms with Crippen molar-refractivity contribution in [1.82, 2.24) is 35.0 Å². The van der Waals surface area contributed by atoms with Crippen molar-refractivity contribution in [1.29, 1.82) is 0 Å². The number of amides is 1. The highest BCUT2D eigenvalue weighted by molar-refractivity contribution is 5.94. The molecule has 28 heavy (non-hydrogen) atoms. The molecule has 1 amide bonds. The molecular weight excluding hydrogens is 358 g/mol. The van der Waals surface area contributed by atoms with Gasteiger partial charge in [-0.05, 0) is 44.7 Å². The van der Waals surface area contributed by atoms with Gasteiger partial charge in [-0.25, -0.2) is 4.68 Å². The van der Waals surface area contributed by atoms with Gasteiger partial charge in [-0.3, -0.25) is 9.78 Å². The van der Waals surface area contributed by atoms with E-state index in [1.54, 1.807) is 6.20 Å². The van der Waals surface area contributed by atoms with Crippen LogP contribution in [0.2, 0.25) is 0 Å². The molecule has 9 nitrogen and oxygen atoms in total. The second-order valence-electron chi connectivity index (χ2n) is 7.53. The first-order valence-corrected chi connectivity index (χ1v) is 9.65. The van der Waals surface area contributed by atoms with Crippen molar-refractivity contribution in [3.8, 4) is 11.6 Å². The molecule has 1 saturated carbocycles. The average Bonchev–Trinajstić information content (AvgIpc) is 3.26. The van der Waals surface area contributed by atoms with E-state index in [0.29, 0.717) is 36.2 Å². The van der Waals surface area contributed by atoms with Crippen molar-refractivity contribution >= 4 is 5.91 Å². The van der Waals surface area contributed by atoms with Crippen molar-refractivity contribution in [2.24, 2.45) is 0 Å². The monoisotopic (exact) mass is 379 g/mol. The summed E-state index contributed by atoms with van der Waals surface area (Å²) in [6, 6.07) is 3.90. The lowest BCUT2D eigenvalue weighted by Gasteiger charge is -2.31. The third kappa shape index (κ3) is 3.28. The van der Waals surface area contributed by atoms with Gasteiger partial charge < -0.3 is 9.42 Å². The third-order valence-corrected chi connectivity index (χ3v) is 5.40. The molecule has 9 heteroatoms. The van der Waals surface area contributed by atoms with Crippen LogP contribution in [0.5, 0.6) is 0 Å². The van der Waals surface area contributed by atoms with Crippen LogP contribution in [0.15, 0.2) is 29.0 Å². The molecule has 2 fully saturated rings. The van der Waals surface area contributed by atoms with E-state index in [2.05, 4.69) is 25.4 Å². The number of hydrogen-bond acceptors (Lipinski definition) is 7. The number of piperidine rings is 1. The Kier molecular flexibility index (Phi) is 4.14. The number of likely N-dealkylation sites (tertiary alicyclic amines) is 1. The van der Waals surface area contributed by atoms with Gasteiger partial charge in [0, 0.05) is 30.9 Å². The average molecular weight is 379 g/mol. The van der Waals surface area contributed by atoms with Crippen LogP contribution in [0.1, 0.15) is 59.5 Å². The maximum Gasteiger partial charge on any atom is 0.280 e. The van der Waals surface area contributed by atoms with Gasteiger partial charge in [0.2, 0.25) is 0 Å². The summed E-state index contributed by atoms with van der Waals surface area (Å²) in [6.07, 6.45) is 7.41. The highest BCUT2D eigenvalue weighted by atomic mass is 16.5. The number of rotatable bonds is 4. The summed E-state index contributed by atoms with van der Waals surface area (Å²) in [5.74, 6) is 1.66. The minimum atomic E-state index is 0.0312. The standard InChI is InChI=1S/C19H21N7O2/c1-12-2-3-14(10-20-12)19(27)25-8-6-15(7-9-25)26-11-16(22-24-26)18-21-17(23-28-18)13-4-5-13/h2-3,10-11,13,15H,4-9H2,1H3. The molecule has 0 radical (unpaired) electrons. The van der Waals surface area contributed by atoms with Crippen molar-refractivity contribution in [3.63, 3.8) is 0 Å². The molecular formula is C19H21N7O2. The van der Waals surface area contributed by atoms with E-state index < -0.39 is 0 Å². The molecule has 0 N–H and O–H groups in total. The third-order valence-electron chi connectivity index (χ3n) is 5.40. The van der Waals surface area contributed by atoms with E-state index in [9.17, 15) is 4.79 Å². The molecule has 1 aliphatic heterocycles. The Morgan fingerprint density at radius 3 is 2.71 bits per heavy atom. The lowest BCUT2D eigenvalue weighted by atomic mass is 10.0. The zero-order chi connectivity index (χ0) is 19.1. The number of aryl methyl sites for hydroxylation is 1. The molecule has 0 spiro atoms. The smallest absolute Gasteiger partial charge is 0.280 e.